The van der Waals surface area contributed by atoms with Crippen molar-refractivity contribution in [1.29, 1.82) is 0 Å². The zero-order chi connectivity index (χ0) is 28.7. The standard InChI is InChI=1S/C27H27N3O2S.C2HF3O2/c31-24-9-4-6-21(16-24)19-30-13-11-29(12-14-30)18-20-5-3-8-23(15-20)28-27(32)26-17-22-7-1-2-10-25(22)33-26;3-2(4,5)1(6)7/h1-10,15-17,31H,11-14,18-19H2,(H,28,32);(H,6,7). The van der Waals surface area contributed by atoms with Gasteiger partial charge in [-0.1, -0.05) is 42.5 Å². The van der Waals surface area contributed by atoms with E-state index in [9.17, 15) is 23.1 Å². The average Bonchev–Trinajstić information content (AvgIpc) is 3.35. The first-order valence-electron chi connectivity index (χ1n) is 12.5. The molecule has 0 bridgehead atoms. The lowest BCUT2D eigenvalue weighted by Gasteiger charge is -2.34. The van der Waals surface area contributed by atoms with E-state index in [2.05, 4.69) is 33.3 Å². The van der Waals surface area contributed by atoms with Crippen LogP contribution in [0.25, 0.3) is 10.1 Å². The predicted octanol–water partition coefficient (Wildman–Crippen LogP) is 5.81. The number of anilines is 1. The smallest absolute Gasteiger partial charge is 0.490 e. The number of aliphatic carboxylic acids is 1. The molecule has 1 saturated heterocycles. The number of carbonyl (C=O) groups is 2. The highest BCUT2D eigenvalue weighted by Gasteiger charge is 2.38. The monoisotopic (exact) mass is 571 g/mol. The van der Waals surface area contributed by atoms with E-state index in [1.807, 2.05) is 54.6 Å². The molecule has 0 radical (unpaired) electrons. The highest BCUT2D eigenvalue weighted by Crippen LogP contribution is 2.26. The van der Waals surface area contributed by atoms with Crippen LogP contribution >= 0.6 is 11.3 Å². The van der Waals surface area contributed by atoms with Crippen LogP contribution in [0.5, 0.6) is 5.75 Å². The number of carbonyl (C=O) groups excluding carboxylic acids is 1. The van der Waals surface area contributed by atoms with Crippen molar-refractivity contribution in [2.75, 3.05) is 31.5 Å². The van der Waals surface area contributed by atoms with Gasteiger partial charge in [-0.05, 0) is 52.9 Å². The van der Waals surface area contributed by atoms with Crippen molar-refractivity contribution in [2.45, 2.75) is 19.3 Å². The summed E-state index contributed by atoms with van der Waals surface area (Å²) in [6.07, 6.45) is -5.08. The minimum atomic E-state index is -5.08. The van der Waals surface area contributed by atoms with Gasteiger partial charge in [0.15, 0.2) is 0 Å². The summed E-state index contributed by atoms with van der Waals surface area (Å²) in [6.45, 7) is 5.72. The van der Waals surface area contributed by atoms with Crippen molar-refractivity contribution in [2.24, 2.45) is 0 Å². The van der Waals surface area contributed by atoms with Crippen molar-refractivity contribution in [3.8, 4) is 5.75 Å². The Morgan fingerprint density at radius 1 is 0.825 bits per heavy atom. The van der Waals surface area contributed by atoms with Crippen LogP contribution in [-0.2, 0) is 17.9 Å². The third-order valence-corrected chi connectivity index (χ3v) is 7.38. The van der Waals surface area contributed by atoms with Crippen molar-refractivity contribution >= 4 is 39.0 Å². The van der Waals surface area contributed by atoms with Gasteiger partial charge in [-0.3, -0.25) is 14.6 Å². The van der Waals surface area contributed by atoms with Crippen molar-refractivity contribution < 1.29 is 33.0 Å². The van der Waals surface area contributed by atoms with E-state index < -0.39 is 12.1 Å². The SMILES string of the molecule is O=C(Nc1cccc(CN2CCN(Cc3cccc(O)c3)CC2)c1)c1cc2ccccc2s1.O=C(O)C(F)(F)F. The lowest BCUT2D eigenvalue weighted by atomic mass is 10.1. The van der Waals surface area contributed by atoms with Crippen molar-refractivity contribution in [1.82, 2.24) is 9.80 Å². The van der Waals surface area contributed by atoms with E-state index >= 15 is 0 Å². The maximum Gasteiger partial charge on any atom is 0.490 e. The molecule has 1 aliphatic heterocycles. The minimum absolute atomic E-state index is 0.0612. The Bertz CT molecular complexity index is 1430. The largest absolute Gasteiger partial charge is 0.508 e. The van der Waals surface area contributed by atoms with E-state index in [4.69, 9.17) is 9.90 Å². The molecular formula is C29H28F3N3O4S. The van der Waals surface area contributed by atoms with Gasteiger partial charge < -0.3 is 15.5 Å². The van der Waals surface area contributed by atoms with Crippen LogP contribution in [0.3, 0.4) is 0 Å². The number of amides is 1. The second kappa shape index (κ2) is 12.9. The van der Waals surface area contributed by atoms with Gasteiger partial charge in [0.05, 0.1) is 4.88 Å². The third-order valence-electron chi connectivity index (χ3n) is 6.26. The lowest BCUT2D eigenvalue weighted by Crippen LogP contribution is -2.45. The molecule has 0 saturated carbocycles. The van der Waals surface area contributed by atoms with E-state index in [1.165, 1.54) is 16.9 Å². The molecule has 3 aromatic carbocycles. The Kier molecular flexibility index (Phi) is 9.41. The average molecular weight is 572 g/mol. The summed E-state index contributed by atoms with van der Waals surface area (Å²) in [5.41, 5.74) is 3.17. The molecule has 5 rings (SSSR count). The number of phenols is 1. The predicted molar refractivity (Wildman–Crippen MR) is 149 cm³/mol. The molecule has 1 amide bonds. The van der Waals surface area contributed by atoms with E-state index in [0.29, 0.717) is 5.75 Å². The number of nitrogens with one attached hydrogen (secondary N) is 1. The van der Waals surface area contributed by atoms with Gasteiger partial charge in [0, 0.05) is 49.7 Å². The van der Waals surface area contributed by atoms with Crippen molar-refractivity contribution in [3.05, 3.63) is 94.9 Å². The van der Waals surface area contributed by atoms with Crippen molar-refractivity contribution in [3.63, 3.8) is 0 Å². The summed E-state index contributed by atoms with van der Waals surface area (Å²) in [6, 6.07) is 25.7. The fourth-order valence-electron chi connectivity index (χ4n) is 4.31. The number of carboxylic acid groups (broad SMARTS) is 1. The molecule has 0 aliphatic carbocycles. The molecule has 0 spiro atoms. The van der Waals surface area contributed by atoms with Crippen LogP contribution in [0.2, 0.25) is 0 Å². The fourth-order valence-corrected chi connectivity index (χ4v) is 5.27. The number of halogens is 3. The van der Waals surface area contributed by atoms with Crippen LogP contribution in [-0.4, -0.2) is 64.2 Å². The second-order valence-corrected chi connectivity index (χ2v) is 10.4. The Morgan fingerprint density at radius 2 is 1.40 bits per heavy atom. The molecular weight excluding hydrogens is 543 g/mol. The highest BCUT2D eigenvalue weighted by molar-refractivity contribution is 7.20. The molecule has 4 aromatic rings. The molecule has 1 aromatic heterocycles. The first-order valence-corrected chi connectivity index (χ1v) is 13.3. The molecule has 0 unspecified atom stereocenters. The van der Waals surface area contributed by atoms with Gasteiger partial charge in [-0.2, -0.15) is 13.2 Å². The molecule has 3 N–H and O–H groups in total. The molecule has 7 nitrogen and oxygen atoms in total. The van der Waals surface area contributed by atoms with E-state index in [0.717, 1.165) is 65.5 Å². The molecule has 1 aliphatic rings. The zero-order valence-electron chi connectivity index (χ0n) is 21.4. The maximum atomic E-state index is 12.8. The topological polar surface area (TPSA) is 93.1 Å². The zero-order valence-corrected chi connectivity index (χ0v) is 22.2. The first kappa shape index (κ1) is 29.1. The Morgan fingerprint density at radius 3 is 1.98 bits per heavy atom. The number of benzene rings is 3. The van der Waals surface area contributed by atoms with Gasteiger partial charge in [0.1, 0.15) is 5.75 Å². The van der Waals surface area contributed by atoms with Crippen LogP contribution in [0, 0.1) is 0 Å². The summed E-state index contributed by atoms with van der Waals surface area (Å²) in [7, 11) is 0. The first-order chi connectivity index (χ1) is 19.1. The van der Waals surface area contributed by atoms with Crippen LogP contribution in [0.4, 0.5) is 18.9 Å². The normalized spacial score (nSPS) is 14.4. The third kappa shape index (κ3) is 8.28. The van der Waals surface area contributed by atoms with Gasteiger partial charge >= 0.3 is 12.1 Å². The van der Waals surface area contributed by atoms with Gasteiger partial charge in [-0.15, -0.1) is 11.3 Å². The summed E-state index contributed by atoms with van der Waals surface area (Å²) >= 11 is 1.52. The van der Waals surface area contributed by atoms with E-state index in [1.54, 1.807) is 6.07 Å². The number of hydrogen-bond acceptors (Lipinski definition) is 6. The second-order valence-electron chi connectivity index (χ2n) is 9.33. The summed E-state index contributed by atoms with van der Waals surface area (Å²) in [4.78, 5) is 27.3. The van der Waals surface area contributed by atoms with E-state index in [-0.39, 0.29) is 5.91 Å². The maximum absolute atomic E-state index is 12.8. The van der Waals surface area contributed by atoms with Crippen LogP contribution in [0.1, 0.15) is 20.8 Å². The molecule has 1 fully saturated rings. The van der Waals surface area contributed by atoms with Gasteiger partial charge in [0.2, 0.25) is 0 Å². The summed E-state index contributed by atoms with van der Waals surface area (Å²) < 4.78 is 32.9. The van der Waals surface area contributed by atoms with Gasteiger partial charge in [0.25, 0.3) is 5.91 Å². The highest BCUT2D eigenvalue weighted by atomic mass is 32.1. The number of hydrogen-bond donors (Lipinski definition) is 3. The quantitative estimate of drug-likeness (QED) is 0.271. The number of phenolic OH excluding ortho intramolecular Hbond substituents is 1. The molecule has 40 heavy (non-hydrogen) atoms. The number of alkyl halides is 3. The van der Waals surface area contributed by atoms with Crippen LogP contribution in [0.15, 0.2) is 78.9 Å². The number of fused-ring (bicyclic) bond motifs is 1. The number of piperazine rings is 1. The fraction of sp³-hybridized carbons (Fsp3) is 0.241. The molecule has 210 valence electrons. The summed E-state index contributed by atoms with van der Waals surface area (Å²) in [5, 5.41) is 21.0. The Balaban J connectivity index is 0.000000470. The Labute approximate surface area is 233 Å². The molecule has 2 heterocycles. The minimum Gasteiger partial charge on any atom is -0.508 e. The molecule has 0 atom stereocenters. The summed E-state index contributed by atoms with van der Waals surface area (Å²) in [5.74, 6) is -2.49. The number of thiophene rings is 1. The Hall–Kier alpha value is -3.93. The number of rotatable bonds is 6. The number of carboxylic acids is 1. The lowest BCUT2D eigenvalue weighted by molar-refractivity contribution is -0.192. The van der Waals surface area contributed by atoms with Gasteiger partial charge in [-0.25, -0.2) is 4.79 Å². The number of aromatic hydroxyl groups is 1. The number of nitrogens with zero attached hydrogens (tertiary/aromatic N) is 2. The molecule has 11 heteroatoms. The van der Waals surface area contributed by atoms with Crippen LogP contribution < -0.4 is 5.32 Å².